The molecule has 7 heteroatoms. The van der Waals surface area contributed by atoms with Gasteiger partial charge in [0.05, 0.1) is 5.52 Å². The Kier molecular flexibility index (Phi) is 4.16. The van der Waals surface area contributed by atoms with E-state index in [4.69, 9.17) is 10.5 Å². The lowest BCUT2D eigenvalue weighted by Gasteiger charge is -2.10. The normalized spacial score (nSPS) is 11.2. The van der Waals surface area contributed by atoms with E-state index in [-0.39, 0.29) is 17.9 Å². The van der Waals surface area contributed by atoms with Gasteiger partial charge in [0.1, 0.15) is 18.1 Å². The maximum absolute atomic E-state index is 13.0. The van der Waals surface area contributed by atoms with Crippen LogP contribution in [0.4, 0.5) is 8.78 Å². The number of hydrogen-bond acceptors (Lipinski definition) is 3. The lowest BCUT2D eigenvalue weighted by molar-refractivity contribution is 0.0993. The number of fused-ring (bicyclic) bond motifs is 1. The number of carbonyl (C=O) groups is 1. The molecule has 0 bridgehead atoms. The molecule has 1 aromatic heterocycles. The van der Waals surface area contributed by atoms with Crippen LogP contribution in [0.25, 0.3) is 10.9 Å². The second-order valence-corrected chi connectivity index (χ2v) is 5.30. The van der Waals surface area contributed by atoms with Gasteiger partial charge in [-0.25, -0.2) is 8.78 Å². The zero-order chi connectivity index (χ0) is 17.3. The average molecular weight is 331 g/mol. The van der Waals surface area contributed by atoms with Crippen LogP contribution in [0.1, 0.15) is 28.0 Å². The van der Waals surface area contributed by atoms with Crippen molar-refractivity contribution in [2.24, 2.45) is 12.8 Å². The fraction of sp³-hybridized carbons (Fsp3) is 0.176. The summed E-state index contributed by atoms with van der Waals surface area (Å²) in [6, 6.07) is 11.2. The molecule has 24 heavy (non-hydrogen) atoms. The molecule has 0 aliphatic heterocycles. The molecule has 124 valence electrons. The number of halogens is 2. The highest BCUT2D eigenvalue weighted by molar-refractivity contribution is 6.04. The molecule has 3 rings (SSSR count). The van der Waals surface area contributed by atoms with Crippen molar-refractivity contribution in [3.05, 3.63) is 59.3 Å². The van der Waals surface area contributed by atoms with Crippen LogP contribution in [0.15, 0.2) is 42.5 Å². The lowest BCUT2D eigenvalue weighted by atomic mass is 10.1. The Balaban J connectivity index is 1.89. The summed E-state index contributed by atoms with van der Waals surface area (Å²) in [5.41, 5.74) is 6.59. The minimum absolute atomic E-state index is 0.00180. The number of alkyl halides is 2. The third kappa shape index (κ3) is 2.92. The van der Waals surface area contributed by atoms with Gasteiger partial charge in [0, 0.05) is 18.0 Å². The Morgan fingerprint density at radius 2 is 2.04 bits per heavy atom. The van der Waals surface area contributed by atoms with E-state index in [0.717, 1.165) is 0 Å². The van der Waals surface area contributed by atoms with E-state index >= 15 is 0 Å². The third-order valence-electron chi connectivity index (χ3n) is 3.72. The zero-order valence-electron chi connectivity index (χ0n) is 12.9. The average Bonchev–Trinajstić information content (AvgIpc) is 2.88. The Bertz CT molecular complexity index is 906. The van der Waals surface area contributed by atoms with E-state index in [0.29, 0.717) is 22.2 Å². The SMILES string of the molecule is Cn1nc2ccc(OCc3ccccc3C(F)F)cc2c1C(N)=O. The van der Waals surface area contributed by atoms with Gasteiger partial charge in [-0.2, -0.15) is 5.10 Å². The van der Waals surface area contributed by atoms with Crippen LogP contribution in [-0.4, -0.2) is 15.7 Å². The third-order valence-corrected chi connectivity index (χ3v) is 3.72. The van der Waals surface area contributed by atoms with E-state index in [1.54, 1.807) is 43.4 Å². The summed E-state index contributed by atoms with van der Waals surface area (Å²) in [5, 5.41) is 4.75. The first kappa shape index (κ1) is 15.9. The second-order valence-electron chi connectivity index (χ2n) is 5.30. The number of rotatable bonds is 5. The number of primary amides is 1. The van der Waals surface area contributed by atoms with Crippen LogP contribution in [0.2, 0.25) is 0 Å². The van der Waals surface area contributed by atoms with Crippen LogP contribution in [0.5, 0.6) is 5.75 Å². The van der Waals surface area contributed by atoms with E-state index < -0.39 is 12.3 Å². The summed E-state index contributed by atoms with van der Waals surface area (Å²) < 4.78 is 33.0. The van der Waals surface area contributed by atoms with Crippen molar-refractivity contribution in [3.8, 4) is 5.75 Å². The van der Waals surface area contributed by atoms with E-state index in [2.05, 4.69) is 5.10 Å². The van der Waals surface area contributed by atoms with Crippen molar-refractivity contribution in [1.82, 2.24) is 9.78 Å². The number of ether oxygens (including phenoxy) is 1. The number of nitrogens with two attached hydrogens (primary N) is 1. The first-order valence-corrected chi connectivity index (χ1v) is 7.22. The van der Waals surface area contributed by atoms with E-state index in [1.807, 2.05) is 0 Å². The molecule has 0 atom stereocenters. The Labute approximate surface area is 136 Å². The Morgan fingerprint density at radius 3 is 2.75 bits per heavy atom. The van der Waals surface area contributed by atoms with Gasteiger partial charge in [-0.15, -0.1) is 0 Å². The van der Waals surface area contributed by atoms with Crippen molar-refractivity contribution < 1.29 is 18.3 Å². The van der Waals surface area contributed by atoms with Gasteiger partial charge in [0.25, 0.3) is 12.3 Å². The number of aromatic nitrogens is 2. The van der Waals surface area contributed by atoms with Gasteiger partial charge in [-0.1, -0.05) is 24.3 Å². The van der Waals surface area contributed by atoms with E-state index in [9.17, 15) is 13.6 Å². The molecule has 0 fully saturated rings. The van der Waals surface area contributed by atoms with Gasteiger partial charge in [-0.3, -0.25) is 9.48 Å². The smallest absolute Gasteiger partial charge is 0.267 e. The molecule has 5 nitrogen and oxygen atoms in total. The quantitative estimate of drug-likeness (QED) is 0.780. The molecule has 0 radical (unpaired) electrons. The minimum Gasteiger partial charge on any atom is -0.489 e. The van der Waals surface area contributed by atoms with Gasteiger partial charge in [0.2, 0.25) is 0 Å². The molecule has 0 aliphatic carbocycles. The molecular formula is C17H15F2N3O2. The predicted molar refractivity (Wildman–Crippen MR) is 85.0 cm³/mol. The van der Waals surface area contributed by atoms with Crippen LogP contribution >= 0.6 is 0 Å². The molecule has 2 aromatic carbocycles. The monoisotopic (exact) mass is 331 g/mol. The topological polar surface area (TPSA) is 70.1 Å². The highest BCUT2D eigenvalue weighted by Crippen LogP contribution is 2.26. The molecule has 1 amide bonds. The first-order chi connectivity index (χ1) is 11.5. The van der Waals surface area contributed by atoms with Crippen molar-refractivity contribution in [2.75, 3.05) is 0 Å². The molecular weight excluding hydrogens is 316 g/mol. The maximum Gasteiger partial charge on any atom is 0.267 e. The van der Waals surface area contributed by atoms with Crippen molar-refractivity contribution >= 4 is 16.8 Å². The number of aryl methyl sites for hydroxylation is 1. The fourth-order valence-corrected chi connectivity index (χ4v) is 2.60. The van der Waals surface area contributed by atoms with E-state index in [1.165, 1.54) is 10.7 Å². The summed E-state index contributed by atoms with van der Waals surface area (Å²) in [6.07, 6.45) is -2.56. The van der Waals surface area contributed by atoms with Crippen molar-refractivity contribution in [1.29, 1.82) is 0 Å². The largest absolute Gasteiger partial charge is 0.489 e. The van der Waals surface area contributed by atoms with Crippen LogP contribution < -0.4 is 10.5 Å². The standard InChI is InChI=1S/C17H15F2N3O2/c1-22-15(17(20)23)13-8-11(6-7-14(13)21-22)24-9-10-4-2-3-5-12(10)16(18)19/h2-8,16H,9H2,1H3,(H2,20,23). The molecule has 0 aliphatic rings. The predicted octanol–water partition coefficient (Wildman–Crippen LogP) is 3.19. The molecule has 3 aromatic rings. The fourth-order valence-electron chi connectivity index (χ4n) is 2.60. The number of nitrogens with zero attached hydrogens (tertiary/aromatic N) is 2. The lowest BCUT2D eigenvalue weighted by Crippen LogP contribution is -2.15. The number of hydrogen-bond donors (Lipinski definition) is 1. The molecule has 0 saturated heterocycles. The summed E-state index contributed by atoms with van der Waals surface area (Å²) in [4.78, 5) is 11.5. The van der Waals surface area contributed by atoms with Crippen LogP contribution in [0.3, 0.4) is 0 Å². The number of amides is 1. The highest BCUT2D eigenvalue weighted by Gasteiger charge is 2.15. The maximum atomic E-state index is 13.0. The second kappa shape index (κ2) is 6.27. The molecule has 0 saturated carbocycles. The number of carbonyl (C=O) groups excluding carboxylic acids is 1. The Morgan fingerprint density at radius 1 is 1.29 bits per heavy atom. The van der Waals surface area contributed by atoms with Crippen LogP contribution in [0, 0.1) is 0 Å². The van der Waals surface area contributed by atoms with Gasteiger partial charge in [0.15, 0.2) is 0 Å². The summed E-state index contributed by atoms with van der Waals surface area (Å²) in [5.74, 6) is -0.151. The number of benzene rings is 2. The Hall–Kier alpha value is -2.96. The van der Waals surface area contributed by atoms with Crippen molar-refractivity contribution in [2.45, 2.75) is 13.0 Å². The summed E-state index contributed by atoms with van der Waals surface area (Å²) in [7, 11) is 1.62. The van der Waals surface area contributed by atoms with Gasteiger partial charge in [-0.05, 0) is 23.8 Å². The van der Waals surface area contributed by atoms with Gasteiger partial charge < -0.3 is 10.5 Å². The minimum atomic E-state index is -2.56. The van der Waals surface area contributed by atoms with Crippen LogP contribution in [-0.2, 0) is 13.7 Å². The molecule has 2 N–H and O–H groups in total. The molecule has 0 unspecified atom stereocenters. The summed E-state index contributed by atoms with van der Waals surface area (Å²) in [6.45, 7) is -0.00180. The zero-order valence-corrected chi connectivity index (χ0v) is 12.9. The summed E-state index contributed by atoms with van der Waals surface area (Å²) >= 11 is 0. The van der Waals surface area contributed by atoms with Gasteiger partial charge >= 0.3 is 0 Å². The highest BCUT2D eigenvalue weighted by atomic mass is 19.3. The van der Waals surface area contributed by atoms with Crippen molar-refractivity contribution in [3.63, 3.8) is 0 Å². The molecule has 1 heterocycles. The molecule has 0 spiro atoms. The first-order valence-electron chi connectivity index (χ1n) is 7.22.